The molecule has 0 saturated heterocycles. The monoisotopic (exact) mass is 414 g/mol. The SMILES string of the molecule is CN=C(Nc1cc2sc(C)nc2cc1C)N(/C=C\C=O)Cc1cc(F)cc(F)c1. The second-order valence-electron chi connectivity index (χ2n) is 6.42. The van der Waals surface area contributed by atoms with Crippen molar-refractivity contribution in [2.24, 2.45) is 4.99 Å². The maximum atomic E-state index is 13.6. The van der Waals surface area contributed by atoms with Crippen LogP contribution in [0, 0.1) is 25.5 Å². The number of allylic oxidation sites excluding steroid dienone is 1. The summed E-state index contributed by atoms with van der Waals surface area (Å²) >= 11 is 1.59. The standard InChI is InChI=1S/C21H20F2N4OS/c1-13-7-19-20(29-14(2)25-19)11-18(13)26-21(24-3)27(5-4-6-28)12-15-8-16(22)10-17(23)9-15/h4-11H,12H2,1-3H3,(H,24,26)/b5-4-. The Morgan fingerprint density at radius 1 is 1.21 bits per heavy atom. The highest BCUT2D eigenvalue weighted by molar-refractivity contribution is 7.18. The molecule has 3 aromatic rings. The highest BCUT2D eigenvalue weighted by Gasteiger charge is 2.13. The fraction of sp³-hybridized carbons (Fsp3) is 0.190. The first-order valence-electron chi connectivity index (χ1n) is 8.84. The number of rotatable bonds is 5. The number of aromatic nitrogens is 1. The van der Waals surface area contributed by atoms with E-state index in [9.17, 15) is 13.6 Å². The fourth-order valence-electron chi connectivity index (χ4n) is 2.94. The first-order chi connectivity index (χ1) is 13.9. The van der Waals surface area contributed by atoms with Gasteiger partial charge in [0.25, 0.3) is 0 Å². The Bertz CT molecular complexity index is 1090. The fourth-order valence-corrected chi connectivity index (χ4v) is 3.79. The Labute approximate surface area is 171 Å². The first kappa shape index (κ1) is 20.6. The third-order valence-electron chi connectivity index (χ3n) is 4.19. The number of fused-ring (bicyclic) bond motifs is 1. The number of hydrogen-bond donors (Lipinski definition) is 1. The van der Waals surface area contributed by atoms with Crippen molar-refractivity contribution in [3.63, 3.8) is 0 Å². The third-order valence-corrected chi connectivity index (χ3v) is 5.13. The third kappa shape index (κ3) is 5.03. The van der Waals surface area contributed by atoms with Crippen LogP contribution in [-0.2, 0) is 11.3 Å². The lowest BCUT2D eigenvalue weighted by Gasteiger charge is -2.24. The molecule has 0 spiro atoms. The Balaban J connectivity index is 1.92. The summed E-state index contributed by atoms with van der Waals surface area (Å²) in [6.07, 6.45) is 3.44. The molecule has 1 N–H and O–H groups in total. The van der Waals surface area contributed by atoms with Crippen molar-refractivity contribution in [1.29, 1.82) is 0 Å². The van der Waals surface area contributed by atoms with Crippen molar-refractivity contribution in [2.45, 2.75) is 20.4 Å². The van der Waals surface area contributed by atoms with Gasteiger partial charge >= 0.3 is 0 Å². The molecule has 29 heavy (non-hydrogen) atoms. The van der Waals surface area contributed by atoms with Crippen LogP contribution in [0.4, 0.5) is 14.5 Å². The molecule has 3 rings (SSSR count). The predicted octanol–water partition coefficient (Wildman–Crippen LogP) is 4.80. The zero-order chi connectivity index (χ0) is 21.0. The number of carbonyl (C=O) groups excluding carboxylic acids is 1. The number of carbonyl (C=O) groups is 1. The van der Waals surface area contributed by atoms with Crippen LogP contribution in [0.15, 0.2) is 47.6 Å². The number of halogens is 2. The minimum absolute atomic E-state index is 0.125. The summed E-state index contributed by atoms with van der Waals surface area (Å²) in [5.74, 6) is -0.898. The number of anilines is 1. The number of nitrogens with zero attached hydrogens (tertiary/aromatic N) is 3. The molecular weight excluding hydrogens is 394 g/mol. The molecule has 1 aromatic heterocycles. The Hall–Kier alpha value is -3.13. The lowest BCUT2D eigenvalue weighted by atomic mass is 10.2. The van der Waals surface area contributed by atoms with Crippen LogP contribution < -0.4 is 5.32 Å². The van der Waals surface area contributed by atoms with E-state index < -0.39 is 11.6 Å². The zero-order valence-electron chi connectivity index (χ0n) is 16.2. The van der Waals surface area contributed by atoms with E-state index in [1.165, 1.54) is 24.4 Å². The smallest absolute Gasteiger partial charge is 0.202 e. The molecule has 0 amide bonds. The van der Waals surface area contributed by atoms with Crippen LogP contribution in [0.2, 0.25) is 0 Å². The summed E-state index contributed by atoms with van der Waals surface area (Å²) < 4.78 is 28.2. The molecule has 0 aliphatic carbocycles. The highest BCUT2D eigenvalue weighted by atomic mass is 32.1. The van der Waals surface area contributed by atoms with Crippen LogP contribution in [0.3, 0.4) is 0 Å². The molecule has 1 heterocycles. The van der Waals surface area contributed by atoms with Crippen LogP contribution in [0.25, 0.3) is 10.2 Å². The van der Waals surface area contributed by atoms with E-state index in [4.69, 9.17) is 0 Å². The molecule has 2 aromatic carbocycles. The van der Waals surface area contributed by atoms with E-state index >= 15 is 0 Å². The number of guanidine groups is 1. The van der Waals surface area contributed by atoms with Crippen molar-refractivity contribution in [3.05, 3.63) is 70.4 Å². The molecule has 0 unspecified atom stereocenters. The summed E-state index contributed by atoms with van der Waals surface area (Å²) in [5.41, 5.74) is 3.14. The summed E-state index contributed by atoms with van der Waals surface area (Å²) in [6.45, 7) is 4.03. The lowest BCUT2D eigenvalue weighted by Crippen LogP contribution is -2.32. The zero-order valence-corrected chi connectivity index (χ0v) is 17.1. The Kier molecular flexibility index (Phi) is 6.33. The number of nitrogens with one attached hydrogen (secondary N) is 1. The minimum Gasteiger partial charge on any atom is -0.326 e. The van der Waals surface area contributed by atoms with Crippen LogP contribution in [0.5, 0.6) is 0 Å². The topological polar surface area (TPSA) is 57.6 Å². The molecule has 0 aliphatic heterocycles. The maximum Gasteiger partial charge on any atom is 0.202 e. The summed E-state index contributed by atoms with van der Waals surface area (Å²) in [4.78, 5) is 21.2. The van der Waals surface area contributed by atoms with Gasteiger partial charge in [0.1, 0.15) is 17.9 Å². The van der Waals surface area contributed by atoms with Crippen LogP contribution in [0.1, 0.15) is 16.1 Å². The summed E-state index contributed by atoms with van der Waals surface area (Å²) in [5, 5.41) is 4.23. The summed E-state index contributed by atoms with van der Waals surface area (Å²) in [6, 6.07) is 7.29. The van der Waals surface area contributed by atoms with Gasteiger partial charge in [-0.25, -0.2) is 13.8 Å². The van der Waals surface area contributed by atoms with Crippen LogP contribution in [-0.4, -0.2) is 29.2 Å². The van der Waals surface area contributed by atoms with Gasteiger partial charge in [0.2, 0.25) is 5.96 Å². The van der Waals surface area contributed by atoms with Gasteiger partial charge in [0.05, 0.1) is 21.8 Å². The van der Waals surface area contributed by atoms with Gasteiger partial charge in [-0.3, -0.25) is 9.79 Å². The molecule has 8 heteroatoms. The molecule has 150 valence electrons. The van der Waals surface area contributed by atoms with E-state index in [0.717, 1.165) is 32.5 Å². The van der Waals surface area contributed by atoms with Crippen LogP contribution >= 0.6 is 11.3 Å². The van der Waals surface area contributed by atoms with Crippen molar-refractivity contribution < 1.29 is 13.6 Å². The molecule has 0 radical (unpaired) electrons. The molecule has 0 saturated carbocycles. The van der Waals surface area contributed by atoms with Gasteiger partial charge in [-0.1, -0.05) is 0 Å². The van der Waals surface area contributed by atoms with Crippen molar-refractivity contribution >= 4 is 39.5 Å². The van der Waals surface area contributed by atoms with E-state index in [1.54, 1.807) is 23.3 Å². The molecular formula is C21H20F2N4OS. The van der Waals surface area contributed by atoms with Gasteiger partial charge in [-0.15, -0.1) is 11.3 Å². The molecule has 0 fully saturated rings. The number of aliphatic imine (C=N–C) groups is 1. The Morgan fingerprint density at radius 2 is 1.93 bits per heavy atom. The van der Waals surface area contributed by atoms with Gasteiger partial charge in [0, 0.05) is 25.0 Å². The second kappa shape index (κ2) is 8.91. The Morgan fingerprint density at radius 3 is 2.59 bits per heavy atom. The van der Waals surface area contributed by atoms with Crippen molar-refractivity contribution in [3.8, 4) is 0 Å². The van der Waals surface area contributed by atoms with E-state index in [0.29, 0.717) is 17.8 Å². The number of aryl methyl sites for hydroxylation is 2. The number of aldehydes is 1. The van der Waals surface area contributed by atoms with E-state index in [2.05, 4.69) is 15.3 Å². The van der Waals surface area contributed by atoms with Gasteiger partial charge < -0.3 is 10.2 Å². The highest BCUT2D eigenvalue weighted by Crippen LogP contribution is 2.28. The largest absolute Gasteiger partial charge is 0.326 e. The van der Waals surface area contributed by atoms with Crippen molar-refractivity contribution in [2.75, 3.05) is 12.4 Å². The van der Waals surface area contributed by atoms with Crippen molar-refractivity contribution in [1.82, 2.24) is 9.88 Å². The molecule has 5 nitrogen and oxygen atoms in total. The number of hydrogen-bond acceptors (Lipinski definition) is 4. The average molecular weight is 414 g/mol. The average Bonchev–Trinajstić information content (AvgIpc) is 3.01. The molecule has 0 bridgehead atoms. The normalized spacial score (nSPS) is 12.0. The molecule has 0 aliphatic rings. The maximum absolute atomic E-state index is 13.6. The van der Waals surface area contributed by atoms with E-state index in [1.807, 2.05) is 26.0 Å². The molecule has 0 atom stereocenters. The summed E-state index contributed by atoms with van der Waals surface area (Å²) in [7, 11) is 1.60. The number of thiazole rings is 1. The van der Waals surface area contributed by atoms with E-state index in [-0.39, 0.29) is 6.54 Å². The second-order valence-corrected chi connectivity index (χ2v) is 7.66. The first-order valence-corrected chi connectivity index (χ1v) is 9.66. The predicted molar refractivity (Wildman–Crippen MR) is 113 cm³/mol. The lowest BCUT2D eigenvalue weighted by molar-refractivity contribution is -0.104. The quantitative estimate of drug-likeness (QED) is 0.282. The minimum atomic E-state index is -0.663. The van der Waals surface area contributed by atoms with Gasteiger partial charge in [0.15, 0.2) is 0 Å². The van der Waals surface area contributed by atoms with Gasteiger partial charge in [-0.05, 0) is 55.3 Å². The van der Waals surface area contributed by atoms with Gasteiger partial charge in [-0.2, -0.15) is 0 Å². The number of benzene rings is 2.